The van der Waals surface area contributed by atoms with Gasteiger partial charge < -0.3 is 16.0 Å². The number of primary amides is 1. The largest absolute Gasteiger partial charge is 0.381 e. The van der Waals surface area contributed by atoms with Crippen LogP contribution in [0.4, 0.5) is 10.5 Å². The van der Waals surface area contributed by atoms with E-state index >= 15 is 0 Å². The molecule has 1 saturated heterocycles. The molecule has 1 aromatic carbocycles. The number of piperidine rings is 1. The first-order valence-electron chi connectivity index (χ1n) is 6.13. The number of nitrogens with two attached hydrogens (primary N) is 1. The Morgan fingerprint density at radius 2 is 2.11 bits per heavy atom. The number of aryl methyl sites for hydroxylation is 1. The lowest BCUT2D eigenvalue weighted by atomic mass is 10.0. The average Bonchev–Trinajstić information content (AvgIpc) is 2.34. The zero-order chi connectivity index (χ0) is 13.1. The van der Waals surface area contributed by atoms with Gasteiger partial charge in [-0.15, -0.1) is 0 Å². The molecule has 5 heteroatoms. The van der Waals surface area contributed by atoms with Crippen molar-refractivity contribution in [3.05, 3.63) is 28.2 Å². The summed E-state index contributed by atoms with van der Waals surface area (Å²) in [5, 5.41) is 3.52. The number of likely N-dealkylation sites (tertiary alicyclic amines) is 1. The zero-order valence-corrected chi connectivity index (χ0v) is 12.0. The Kier molecular flexibility index (Phi) is 4.11. The summed E-state index contributed by atoms with van der Waals surface area (Å²) in [4.78, 5) is 12.7. The number of hydrogen-bond acceptors (Lipinski definition) is 2. The van der Waals surface area contributed by atoms with E-state index < -0.39 is 0 Å². The van der Waals surface area contributed by atoms with Gasteiger partial charge in [0.05, 0.1) is 0 Å². The number of halogens is 1. The lowest BCUT2D eigenvalue weighted by molar-refractivity contribution is 0.193. The monoisotopic (exact) mass is 311 g/mol. The van der Waals surface area contributed by atoms with E-state index in [4.69, 9.17) is 5.73 Å². The number of rotatable bonds is 2. The molecular formula is C13H18BrN3O. The first-order valence-corrected chi connectivity index (χ1v) is 6.92. The minimum absolute atomic E-state index is 0.315. The number of nitrogens with one attached hydrogen (secondary N) is 1. The first kappa shape index (κ1) is 13.2. The number of urea groups is 1. The van der Waals surface area contributed by atoms with Crippen LogP contribution in [0.1, 0.15) is 18.4 Å². The molecule has 0 bridgehead atoms. The standard InChI is InChI=1S/C13H18BrN3O/c1-9-2-3-11(14)12(8-9)16-10-4-6-17(7-5-10)13(15)18/h2-3,8,10,16H,4-7H2,1H3,(H2,15,18). The summed E-state index contributed by atoms with van der Waals surface area (Å²) in [5.74, 6) is 0. The van der Waals surface area contributed by atoms with Gasteiger partial charge in [0.1, 0.15) is 0 Å². The van der Waals surface area contributed by atoms with Crippen molar-refractivity contribution in [1.29, 1.82) is 0 Å². The molecule has 0 aliphatic carbocycles. The van der Waals surface area contributed by atoms with E-state index in [0.29, 0.717) is 6.04 Å². The van der Waals surface area contributed by atoms with Gasteiger partial charge in [0.25, 0.3) is 0 Å². The normalized spacial score (nSPS) is 16.7. The van der Waals surface area contributed by atoms with E-state index in [1.54, 1.807) is 4.90 Å². The molecule has 1 aliphatic rings. The predicted octanol–water partition coefficient (Wildman–Crippen LogP) is 2.71. The molecule has 0 radical (unpaired) electrons. The molecule has 18 heavy (non-hydrogen) atoms. The van der Waals surface area contributed by atoms with Crippen molar-refractivity contribution in [2.24, 2.45) is 5.73 Å². The highest BCUT2D eigenvalue weighted by atomic mass is 79.9. The maximum atomic E-state index is 11.0. The van der Waals surface area contributed by atoms with Crippen molar-refractivity contribution in [3.63, 3.8) is 0 Å². The Hall–Kier alpha value is -1.23. The van der Waals surface area contributed by atoms with Crippen LogP contribution >= 0.6 is 15.9 Å². The Morgan fingerprint density at radius 3 is 2.72 bits per heavy atom. The van der Waals surface area contributed by atoms with Gasteiger partial charge in [-0.2, -0.15) is 0 Å². The van der Waals surface area contributed by atoms with Crippen molar-refractivity contribution >= 4 is 27.6 Å². The van der Waals surface area contributed by atoms with Gasteiger partial charge in [-0.3, -0.25) is 0 Å². The molecular weight excluding hydrogens is 294 g/mol. The molecule has 3 N–H and O–H groups in total. The van der Waals surface area contributed by atoms with Crippen LogP contribution in [0.5, 0.6) is 0 Å². The minimum atomic E-state index is -0.315. The zero-order valence-electron chi connectivity index (χ0n) is 10.4. The van der Waals surface area contributed by atoms with Crippen LogP contribution in [0.3, 0.4) is 0 Å². The molecule has 1 aromatic rings. The van der Waals surface area contributed by atoms with Crippen molar-refractivity contribution in [1.82, 2.24) is 4.90 Å². The van der Waals surface area contributed by atoms with Gasteiger partial charge >= 0.3 is 6.03 Å². The fourth-order valence-electron chi connectivity index (χ4n) is 2.21. The molecule has 0 aromatic heterocycles. The maximum absolute atomic E-state index is 11.0. The number of hydrogen-bond donors (Lipinski definition) is 2. The molecule has 1 aliphatic heterocycles. The second kappa shape index (κ2) is 5.61. The van der Waals surface area contributed by atoms with E-state index in [0.717, 1.165) is 36.1 Å². The highest BCUT2D eigenvalue weighted by molar-refractivity contribution is 9.10. The third kappa shape index (κ3) is 3.16. The SMILES string of the molecule is Cc1ccc(Br)c(NC2CCN(C(N)=O)CC2)c1. The van der Waals surface area contributed by atoms with Gasteiger partial charge in [0, 0.05) is 29.3 Å². The van der Waals surface area contributed by atoms with E-state index in [9.17, 15) is 4.79 Å². The summed E-state index contributed by atoms with van der Waals surface area (Å²) in [6.45, 7) is 3.54. The predicted molar refractivity (Wildman–Crippen MR) is 76.7 cm³/mol. The summed E-state index contributed by atoms with van der Waals surface area (Å²) in [7, 11) is 0. The van der Waals surface area contributed by atoms with Crippen molar-refractivity contribution in [3.8, 4) is 0 Å². The number of nitrogens with zero attached hydrogens (tertiary/aromatic N) is 1. The molecule has 2 amide bonds. The van der Waals surface area contributed by atoms with Gasteiger partial charge in [-0.25, -0.2) is 4.79 Å². The van der Waals surface area contributed by atoms with E-state index in [-0.39, 0.29) is 6.03 Å². The number of benzene rings is 1. The second-order valence-corrected chi connectivity index (χ2v) is 5.58. The van der Waals surface area contributed by atoms with Crippen LogP contribution in [-0.2, 0) is 0 Å². The molecule has 0 unspecified atom stereocenters. The quantitative estimate of drug-likeness (QED) is 0.882. The third-order valence-electron chi connectivity index (χ3n) is 3.29. The number of carbonyl (C=O) groups excluding carboxylic acids is 1. The van der Waals surface area contributed by atoms with Crippen LogP contribution in [0.25, 0.3) is 0 Å². The van der Waals surface area contributed by atoms with E-state index in [2.05, 4.69) is 46.4 Å². The summed E-state index contributed by atoms with van der Waals surface area (Å²) >= 11 is 3.55. The molecule has 0 spiro atoms. The highest BCUT2D eigenvalue weighted by Gasteiger charge is 2.21. The Morgan fingerprint density at radius 1 is 1.44 bits per heavy atom. The molecule has 0 atom stereocenters. The van der Waals surface area contributed by atoms with Gasteiger partial charge in [0.2, 0.25) is 0 Å². The van der Waals surface area contributed by atoms with Crippen molar-refractivity contribution < 1.29 is 4.79 Å². The van der Waals surface area contributed by atoms with Gasteiger partial charge in [-0.05, 0) is 53.4 Å². The lowest BCUT2D eigenvalue weighted by Gasteiger charge is -2.32. The lowest BCUT2D eigenvalue weighted by Crippen LogP contribution is -2.44. The first-order chi connectivity index (χ1) is 8.56. The molecule has 98 valence electrons. The summed E-state index contributed by atoms with van der Waals surface area (Å²) < 4.78 is 1.07. The molecule has 2 rings (SSSR count). The summed E-state index contributed by atoms with van der Waals surface area (Å²) in [6, 6.07) is 6.34. The molecule has 1 heterocycles. The molecule has 1 fully saturated rings. The summed E-state index contributed by atoms with van der Waals surface area (Å²) in [5.41, 5.74) is 7.62. The fraction of sp³-hybridized carbons (Fsp3) is 0.462. The van der Waals surface area contributed by atoms with Crippen LogP contribution in [0, 0.1) is 6.92 Å². The smallest absolute Gasteiger partial charge is 0.314 e. The van der Waals surface area contributed by atoms with Gasteiger partial charge in [-0.1, -0.05) is 6.07 Å². The average molecular weight is 312 g/mol. The number of amides is 2. The van der Waals surface area contributed by atoms with Crippen molar-refractivity contribution in [2.75, 3.05) is 18.4 Å². The fourth-order valence-corrected chi connectivity index (χ4v) is 2.57. The van der Waals surface area contributed by atoms with Crippen LogP contribution in [0.15, 0.2) is 22.7 Å². The third-order valence-corrected chi connectivity index (χ3v) is 3.98. The Bertz CT molecular complexity index is 442. The maximum Gasteiger partial charge on any atom is 0.314 e. The Labute approximate surface area is 116 Å². The van der Waals surface area contributed by atoms with Crippen LogP contribution in [0.2, 0.25) is 0 Å². The van der Waals surface area contributed by atoms with E-state index in [1.165, 1.54) is 5.56 Å². The Balaban J connectivity index is 1.95. The minimum Gasteiger partial charge on any atom is -0.381 e. The number of carbonyl (C=O) groups is 1. The van der Waals surface area contributed by atoms with Crippen LogP contribution < -0.4 is 11.1 Å². The topological polar surface area (TPSA) is 58.4 Å². The molecule has 0 saturated carbocycles. The van der Waals surface area contributed by atoms with Gasteiger partial charge in [0.15, 0.2) is 0 Å². The highest BCUT2D eigenvalue weighted by Crippen LogP contribution is 2.26. The van der Waals surface area contributed by atoms with Crippen molar-refractivity contribution in [2.45, 2.75) is 25.8 Å². The van der Waals surface area contributed by atoms with Crippen LogP contribution in [-0.4, -0.2) is 30.1 Å². The molecule has 4 nitrogen and oxygen atoms in total. The van der Waals surface area contributed by atoms with E-state index in [1.807, 2.05) is 0 Å². The second-order valence-electron chi connectivity index (χ2n) is 4.73. The summed E-state index contributed by atoms with van der Waals surface area (Å²) in [6.07, 6.45) is 1.87. The number of anilines is 1.